The van der Waals surface area contributed by atoms with E-state index in [1.165, 1.54) is 11.4 Å². The Morgan fingerprint density at radius 1 is 0.920 bits per heavy atom. The van der Waals surface area contributed by atoms with Crippen molar-refractivity contribution in [2.75, 3.05) is 26.2 Å². The number of nitrogens with two attached hydrogens (primary N) is 2. The Labute approximate surface area is 153 Å². The van der Waals surface area contributed by atoms with Gasteiger partial charge in [-0.05, 0) is 51.0 Å². The summed E-state index contributed by atoms with van der Waals surface area (Å²) < 4.78 is 0. The third-order valence-electron chi connectivity index (χ3n) is 5.22. The molecule has 1 unspecified atom stereocenters. The molecule has 4 nitrogen and oxygen atoms in total. The van der Waals surface area contributed by atoms with E-state index in [9.17, 15) is 0 Å². The molecule has 1 aromatic carbocycles. The molecule has 0 spiro atoms. The summed E-state index contributed by atoms with van der Waals surface area (Å²) in [7, 11) is 0. The normalized spacial score (nSPS) is 20.1. The van der Waals surface area contributed by atoms with E-state index in [1.807, 2.05) is 0 Å². The summed E-state index contributed by atoms with van der Waals surface area (Å²) in [6.45, 7) is 13.3. The van der Waals surface area contributed by atoms with Crippen molar-refractivity contribution >= 4 is 0 Å². The number of likely N-dealkylation sites (N-methyl/N-ethyl adjacent to an activating group) is 1. The van der Waals surface area contributed by atoms with Gasteiger partial charge in [0.15, 0.2) is 0 Å². The molecule has 25 heavy (non-hydrogen) atoms. The van der Waals surface area contributed by atoms with Crippen LogP contribution in [0.5, 0.6) is 0 Å². The van der Waals surface area contributed by atoms with Gasteiger partial charge in [0.2, 0.25) is 0 Å². The first-order valence-electron chi connectivity index (χ1n) is 9.52. The van der Waals surface area contributed by atoms with Gasteiger partial charge in [0.05, 0.1) is 5.54 Å². The zero-order valence-electron chi connectivity index (χ0n) is 16.3. The van der Waals surface area contributed by atoms with Crippen LogP contribution in [0.15, 0.2) is 47.8 Å². The minimum absolute atomic E-state index is 0.488. The van der Waals surface area contributed by atoms with Crippen LogP contribution in [0.25, 0.3) is 0 Å². The molecule has 1 aliphatic carbocycles. The van der Waals surface area contributed by atoms with Crippen molar-refractivity contribution in [2.45, 2.75) is 46.2 Å². The molecule has 0 bridgehead atoms. The average molecular weight is 343 g/mol. The predicted octanol–water partition coefficient (Wildman–Crippen LogP) is 3.15. The second kappa shape index (κ2) is 8.54. The van der Waals surface area contributed by atoms with Crippen LogP contribution in [0.1, 0.15) is 45.2 Å². The third kappa shape index (κ3) is 4.25. The van der Waals surface area contributed by atoms with Crippen molar-refractivity contribution in [1.29, 1.82) is 0 Å². The zero-order valence-corrected chi connectivity index (χ0v) is 16.3. The molecule has 4 N–H and O–H groups in total. The lowest BCUT2D eigenvalue weighted by Gasteiger charge is -2.39. The number of allylic oxidation sites excluding steroid dienone is 1. The molecule has 1 atom stereocenters. The van der Waals surface area contributed by atoms with Gasteiger partial charge in [-0.15, -0.1) is 0 Å². The maximum absolute atomic E-state index is 6.95. The monoisotopic (exact) mass is 342 g/mol. The van der Waals surface area contributed by atoms with Crippen LogP contribution in [0.4, 0.5) is 0 Å². The van der Waals surface area contributed by atoms with E-state index >= 15 is 0 Å². The van der Waals surface area contributed by atoms with Crippen LogP contribution in [-0.4, -0.2) is 36.0 Å². The number of hydrogen-bond donors (Lipinski definition) is 2. The first-order valence-corrected chi connectivity index (χ1v) is 9.52. The molecule has 0 aromatic heterocycles. The Kier molecular flexibility index (Phi) is 6.68. The van der Waals surface area contributed by atoms with Crippen LogP contribution in [0, 0.1) is 0 Å². The van der Waals surface area contributed by atoms with Gasteiger partial charge in [-0.2, -0.15) is 0 Å². The Hall–Kier alpha value is -1.78. The molecule has 1 aromatic rings. The fourth-order valence-electron chi connectivity index (χ4n) is 3.62. The van der Waals surface area contributed by atoms with Gasteiger partial charge in [0.25, 0.3) is 0 Å². The number of nitrogens with zero attached hydrogens (tertiary/aromatic N) is 2. The second-order valence-electron chi connectivity index (χ2n) is 6.67. The molecular weight excluding hydrogens is 308 g/mol. The van der Waals surface area contributed by atoms with Crippen molar-refractivity contribution in [2.24, 2.45) is 11.5 Å². The summed E-state index contributed by atoms with van der Waals surface area (Å²) in [5.41, 5.74) is 17.0. The summed E-state index contributed by atoms with van der Waals surface area (Å²) in [6.07, 6.45) is 5.38. The molecule has 0 saturated heterocycles. The lowest BCUT2D eigenvalue weighted by molar-refractivity contribution is 0.323. The Bertz CT molecular complexity index is 609. The summed E-state index contributed by atoms with van der Waals surface area (Å²) in [4.78, 5) is 4.78. The van der Waals surface area contributed by atoms with E-state index in [-0.39, 0.29) is 0 Å². The Morgan fingerprint density at radius 3 is 1.96 bits per heavy atom. The fourth-order valence-corrected chi connectivity index (χ4v) is 3.62. The van der Waals surface area contributed by atoms with Gasteiger partial charge in [0, 0.05) is 50.5 Å². The molecule has 4 heteroatoms. The van der Waals surface area contributed by atoms with Crippen LogP contribution >= 0.6 is 0 Å². The van der Waals surface area contributed by atoms with Crippen LogP contribution in [0.2, 0.25) is 0 Å². The standard InChI is InChI=1S/C21H34N4/c1-5-24(6-2)19-13-20(25(7-3)8-4)15-21(23,14-19)18-11-9-17(16-22)10-12-18/h9-14H,5-8,15-16,22-23H2,1-4H3. The van der Waals surface area contributed by atoms with Crippen LogP contribution < -0.4 is 11.5 Å². The SMILES string of the molecule is CCN(CC)C1=CC(N)(c2ccc(CN)cc2)CC(N(CC)CC)=C1. The second-order valence-corrected chi connectivity index (χ2v) is 6.67. The number of rotatable bonds is 8. The Morgan fingerprint density at radius 2 is 1.48 bits per heavy atom. The lowest BCUT2D eigenvalue weighted by Crippen LogP contribution is -2.42. The highest BCUT2D eigenvalue weighted by Gasteiger charge is 2.32. The molecule has 0 aliphatic heterocycles. The van der Waals surface area contributed by atoms with Gasteiger partial charge in [-0.3, -0.25) is 0 Å². The van der Waals surface area contributed by atoms with E-state index in [2.05, 4.69) is 73.9 Å². The van der Waals surface area contributed by atoms with E-state index in [4.69, 9.17) is 11.5 Å². The maximum atomic E-state index is 6.95. The molecule has 0 amide bonds. The lowest BCUT2D eigenvalue weighted by atomic mass is 9.81. The van der Waals surface area contributed by atoms with Crippen LogP contribution in [-0.2, 0) is 12.1 Å². The molecule has 0 radical (unpaired) electrons. The molecule has 2 rings (SSSR count). The average Bonchev–Trinajstić information content (AvgIpc) is 2.63. The minimum Gasteiger partial charge on any atom is -0.375 e. The summed E-state index contributed by atoms with van der Waals surface area (Å²) in [5, 5.41) is 0. The molecule has 0 fully saturated rings. The third-order valence-corrected chi connectivity index (χ3v) is 5.22. The van der Waals surface area contributed by atoms with E-state index < -0.39 is 5.54 Å². The summed E-state index contributed by atoms with van der Waals surface area (Å²) >= 11 is 0. The first kappa shape index (κ1) is 19.5. The van der Waals surface area contributed by atoms with Crippen molar-refractivity contribution in [3.05, 3.63) is 58.9 Å². The topological polar surface area (TPSA) is 58.5 Å². The van der Waals surface area contributed by atoms with Crippen molar-refractivity contribution in [3.63, 3.8) is 0 Å². The minimum atomic E-state index is -0.488. The first-order chi connectivity index (χ1) is 12.0. The van der Waals surface area contributed by atoms with E-state index in [1.54, 1.807) is 0 Å². The molecule has 0 saturated carbocycles. The van der Waals surface area contributed by atoms with Gasteiger partial charge in [-0.1, -0.05) is 24.3 Å². The molecule has 0 heterocycles. The van der Waals surface area contributed by atoms with Crippen molar-refractivity contribution in [3.8, 4) is 0 Å². The molecular formula is C21H34N4. The predicted molar refractivity (Wildman–Crippen MR) is 107 cm³/mol. The van der Waals surface area contributed by atoms with Gasteiger partial charge < -0.3 is 21.3 Å². The molecule has 138 valence electrons. The van der Waals surface area contributed by atoms with Gasteiger partial charge >= 0.3 is 0 Å². The summed E-state index contributed by atoms with van der Waals surface area (Å²) in [5.74, 6) is 0. The van der Waals surface area contributed by atoms with Gasteiger partial charge in [-0.25, -0.2) is 0 Å². The maximum Gasteiger partial charge on any atom is 0.0673 e. The fraction of sp³-hybridized carbons (Fsp3) is 0.524. The van der Waals surface area contributed by atoms with Crippen molar-refractivity contribution in [1.82, 2.24) is 9.80 Å². The van der Waals surface area contributed by atoms with Crippen molar-refractivity contribution < 1.29 is 0 Å². The highest BCUT2D eigenvalue weighted by atomic mass is 15.2. The van der Waals surface area contributed by atoms with E-state index in [0.29, 0.717) is 6.54 Å². The van der Waals surface area contributed by atoms with E-state index in [0.717, 1.165) is 43.7 Å². The quantitative estimate of drug-likeness (QED) is 0.762. The van der Waals surface area contributed by atoms with Gasteiger partial charge in [0.1, 0.15) is 0 Å². The number of hydrogen-bond acceptors (Lipinski definition) is 4. The molecule has 1 aliphatic rings. The largest absolute Gasteiger partial charge is 0.375 e. The highest BCUT2D eigenvalue weighted by Crippen LogP contribution is 2.35. The smallest absolute Gasteiger partial charge is 0.0673 e. The van der Waals surface area contributed by atoms with Crippen LogP contribution in [0.3, 0.4) is 0 Å². The number of benzene rings is 1. The zero-order chi connectivity index (χ0) is 18.4. The summed E-state index contributed by atoms with van der Waals surface area (Å²) in [6, 6.07) is 8.43. The Balaban J connectivity index is 2.47. The highest BCUT2D eigenvalue weighted by molar-refractivity contribution is 5.41.